The van der Waals surface area contributed by atoms with Gasteiger partial charge in [-0.2, -0.15) is 4.98 Å². The predicted octanol–water partition coefficient (Wildman–Crippen LogP) is 0.490. The van der Waals surface area contributed by atoms with Gasteiger partial charge in [-0.05, 0) is 6.07 Å². The minimum atomic E-state index is 0.210. The van der Waals surface area contributed by atoms with Crippen molar-refractivity contribution in [2.75, 3.05) is 38.7 Å². The average Bonchev–Trinajstić information content (AvgIpc) is 2.38. The van der Waals surface area contributed by atoms with Crippen molar-refractivity contribution in [2.45, 2.75) is 6.10 Å². The summed E-state index contributed by atoms with van der Waals surface area (Å²) in [7, 11) is 1.61. The number of rotatable bonds is 4. The van der Waals surface area contributed by atoms with Gasteiger partial charge in [0.2, 0.25) is 5.88 Å². The minimum Gasteiger partial charge on any atom is -0.481 e. The summed E-state index contributed by atoms with van der Waals surface area (Å²) in [6, 6.07) is 5.65. The number of morpholine rings is 1. The van der Waals surface area contributed by atoms with Gasteiger partial charge in [-0.25, -0.2) is 0 Å². The van der Waals surface area contributed by atoms with E-state index in [1.54, 1.807) is 7.11 Å². The van der Waals surface area contributed by atoms with Crippen LogP contribution in [0.25, 0.3) is 0 Å². The fourth-order valence-electron chi connectivity index (χ4n) is 1.60. The van der Waals surface area contributed by atoms with Crippen molar-refractivity contribution in [1.82, 2.24) is 10.3 Å². The SMILES string of the molecule is COc1cccc(NCC2CNCCO2)n1. The average molecular weight is 223 g/mol. The van der Waals surface area contributed by atoms with E-state index in [0.717, 1.165) is 32.1 Å². The lowest BCUT2D eigenvalue weighted by molar-refractivity contribution is 0.0372. The molecule has 1 aromatic rings. The van der Waals surface area contributed by atoms with E-state index in [0.29, 0.717) is 5.88 Å². The van der Waals surface area contributed by atoms with E-state index in [2.05, 4.69) is 15.6 Å². The summed E-state index contributed by atoms with van der Waals surface area (Å²) in [5.74, 6) is 1.43. The van der Waals surface area contributed by atoms with Crippen molar-refractivity contribution in [3.63, 3.8) is 0 Å². The molecule has 0 spiro atoms. The molecule has 16 heavy (non-hydrogen) atoms. The van der Waals surface area contributed by atoms with Gasteiger partial charge in [0, 0.05) is 25.7 Å². The number of nitrogens with zero attached hydrogens (tertiary/aromatic N) is 1. The molecule has 0 saturated carbocycles. The van der Waals surface area contributed by atoms with E-state index in [1.165, 1.54) is 0 Å². The van der Waals surface area contributed by atoms with Gasteiger partial charge in [0.1, 0.15) is 5.82 Å². The van der Waals surface area contributed by atoms with Crippen LogP contribution < -0.4 is 15.4 Å². The molecule has 2 rings (SSSR count). The standard InChI is InChI=1S/C11H17N3O2/c1-15-11-4-2-3-10(14-11)13-8-9-7-12-5-6-16-9/h2-4,9,12H,5-8H2,1H3,(H,13,14). The summed E-state index contributed by atoms with van der Waals surface area (Å²) >= 11 is 0. The van der Waals surface area contributed by atoms with Crippen molar-refractivity contribution >= 4 is 5.82 Å². The van der Waals surface area contributed by atoms with Gasteiger partial charge in [0.25, 0.3) is 0 Å². The Bertz CT molecular complexity index is 327. The summed E-state index contributed by atoms with van der Waals surface area (Å²) in [5, 5.41) is 6.52. The molecule has 1 atom stereocenters. The van der Waals surface area contributed by atoms with E-state index in [4.69, 9.17) is 9.47 Å². The number of hydrogen-bond donors (Lipinski definition) is 2. The Labute approximate surface area is 95.2 Å². The predicted molar refractivity (Wildman–Crippen MR) is 61.9 cm³/mol. The highest BCUT2D eigenvalue weighted by Crippen LogP contribution is 2.10. The molecule has 1 aromatic heterocycles. The Hall–Kier alpha value is -1.33. The highest BCUT2D eigenvalue weighted by molar-refractivity contribution is 5.37. The molecule has 0 amide bonds. The van der Waals surface area contributed by atoms with Crippen LogP contribution in [0.3, 0.4) is 0 Å². The highest BCUT2D eigenvalue weighted by Gasteiger charge is 2.12. The molecule has 0 aliphatic carbocycles. The molecule has 5 nitrogen and oxygen atoms in total. The summed E-state index contributed by atoms with van der Waals surface area (Å²) in [5.41, 5.74) is 0. The first-order valence-electron chi connectivity index (χ1n) is 5.46. The van der Waals surface area contributed by atoms with Gasteiger partial charge in [0.15, 0.2) is 0 Å². The quantitative estimate of drug-likeness (QED) is 0.778. The molecular weight excluding hydrogens is 206 g/mol. The van der Waals surface area contributed by atoms with E-state index in [-0.39, 0.29) is 6.10 Å². The molecule has 1 unspecified atom stereocenters. The third kappa shape index (κ3) is 3.08. The van der Waals surface area contributed by atoms with Gasteiger partial charge in [-0.3, -0.25) is 0 Å². The molecule has 0 aromatic carbocycles. The zero-order chi connectivity index (χ0) is 11.2. The van der Waals surface area contributed by atoms with E-state index >= 15 is 0 Å². The normalized spacial score (nSPS) is 20.4. The molecule has 88 valence electrons. The third-order valence-corrected chi connectivity index (χ3v) is 2.45. The summed E-state index contributed by atoms with van der Waals surface area (Å²) in [6.07, 6.45) is 0.210. The number of ether oxygens (including phenoxy) is 2. The van der Waals surface area contributed by atoms with Crippen LogP contribution in [0.2, 0.25) is 0 Å². The largest absolute Gasteiger partial charge is 0.481 e. The Morgan fingerprint density at radius 3 is 3.31 bits per heavy atom. The van der Waals surface area contributed by atoms with Crippen molar-refractivity contribution in [3.05, 3.63) is 18.2 Å². The maximum absolute atomic E-state index is 5.57. The lowest BCUT2D eigenvalue weighted by Gasteiger charge is -2.23. The summed E-state index contributed by atoms with van der Waals surface area (Å²) < 4.78 is 10.6. The molecule has 5 heteroatoms. The van der Waals surface area contributed by atoms with Crippen LogP contribution in [0, 0.1) is 0 Å². The first-order chi connectivity index (χ1) is 7.88. The van der Waals surface area contributed by atoms with Crippen molar-refractivity contribution in [2.24, 2.45) is 0 Å². The third-order valence-electron chi connectivity index (χ3n) is 2.45. The van der Waals surface area contributed by atoms with Gasteiger partial charge in [-0.15, -0.1) is 0 Å². The molecule has 2 N–H and O–H groups in total. The number of nitrogens with one attached hydrogen (secondary N) is 2. The number of pyridine rings is 1. The van der Waals surface area contributed by atoms with Crippen LogP contribution in [-0.2, 0) is 4.74 Å². The van der Waals surface area contributed by atoms with Crippen LogP contribution in [0.15, 0.2) is 18.2 Å². The molecular formula is C11H17N3O2. The fraction of sp³-hybridized carbons (Fsp3) is 0.545. The Morgan fingerprint density at radius 1 is 1.62 bits per heavy atom. The van der Waals surface area contributed by atoms with Crippen molar-refractivity contribution in [3.8, 4) is 5.88 Å². The maximum atomic E-state index is 5.57. The summed E-state index contributed by atoms with van der Waals surface area (Å²) in [4.78, 5) is 4.27. The van der Waals surface area contributed by atoms with E-state index in [1.807, 2.05) is 18.2 Å². The second kappa shape index (κ2) is 5.67. The van der Waals surface area contributed by atoms with Crippen LogP contribution >= 0.6 is 0 Å². The van der Waals surface area contributed by atoms with Crippen LogP contribution in [0.5, 0.6) is 5.88 Å². The number of hydrogen-bond acceptors (Lipinski definition) is 5. The van der Waals surface area contributed by atoms with Gasteiger partial charge in [-0.1, -0.05) is 6.07 Å². The Balaban J connectivity index is 1.83. The Kier molecular flexibility index (Phi) is 3.96. The van der Waals surface area contributed by atoms with Crippen LogP contribution in [0.4, 0.5) is 5.82 Å². The molecule has 0 radical (unpaired) electrons. The molecule has 1 aliphatic heterocycles. The zero-order valence-electron chi connectivity index (χ0n) is 9.40. The monoisotopic (exact) mass is 223 g/mol. The van der Waals surface area contributed by atoms with Crippen molar-refractivity contribution < 1.29 is 9.47 Å². The molecule has 1 fully saturated rings. The van der Waals surface area contributed by atoms with Crippen LogP contribution in [-0.4, -0.2) is 44.4 Å². The zero-order valence-corrected chi connectivity index (χ0v) is 9.40. The van der Waals surface area contributed by atoms with Gasteiger partial charge < -0.3 is 20.1 Å². The van der Waals surface area contributed by atoms with E-state index in [9.17, 15) is 0 Å². The molecule has 1 aliphatic rings. The highest BCUT2D eigenvalue weighted by atomic mass is 16.5. The number of aromatic nitrogens is 1. The molecule has 1 saturated heterocycles. The molecule has 2 heterocycles. The fourth-order valence-corrected chi connectivity index (χ4v) is 1.60. The van der Waals surface area contributed by atoms with E-state index < -0.39 is 0 Å². The van der Waals surface area contributed by atoms with Crippen LogP contribution in [0.1, 0.15) is 0 Å². The maximum Gasteiger partial charge on any atom is 0.214 e. The summed E-state index contributed by atoms with van der Waals surface area (Å²) in [6.45, 7) is 3.36. The number of anilines is 1. The van der Waals surface area contributed by atoms with Gasteiger partial charge in [0.05, 0.1) is 19.8 Å². The first kappa shape index (κ1) is 11.2. The number of methoxy groups -OCH3 is 1. The lowest BCUT2D eigenvalue weighted by atomic mass is 10.3. The first-order valence-corrected chi connectivity index (χ1v) is 5.46. The second-order valence-corrected chi connectivity index (χ2v) is 3.64. The minimum absolute atomic E-state index is 0.210. The Morgan fingerprint density at radius 2 is 2.56 bits per heavy atom. The lowest BCUT2D eigenvalue weighted by Crippen LogP contribution is -2.42. The second-order valence-electron chi connectivity index (χ2n) is 3.64. The smallest absolute Gasteiger partial charge is 0.214 e. The van der Waals surface area contributed by atoms with Gasteiger partial charge >= 0.3 is 0 Å². The topological polar surface area (TPSA) is 55.4 Å². The van der Waals surface area contributed by atoms with Crippen molar-refractivity contribution in [1.29, 1.82) is 0 Å². The molecule has 0 bridgehead atoms.